The lowest BCUT2D eigenvalue weighted by Crippen LogP contribution is -2.23. The first-order valence-electron chi connectivity index (χ1n) is 9.60. The van der Waals surface area contributed by atoms with Gasteiger partial charge < -0.3 is 4.74 Å². The Kier molecular flexibility index (Phi) is 5.81. The first-order valence-corrected chi connectivity index (χ1v) is 10.4. The number of nitrogens with zero attached hydrogens (tertiary/aromatic N) is 3. The molecule has 0 radical (unpaired) electrons. The Balaban J connectivity index is 1.58. The van der Waals surface area contributed by atoms with Crippen molar-refractivity contribution >= 4 is 34.5 Å². The minimum Gasteiger partial charge on any atom is -0.494 e. The Labute approximate surface area is 172 Å². The number of fused-ring (bicyclic) bond motifs is 1. The molecular weight excluding hydrogens is 382 g/mol. The lowest BCUT2D eigenvalue weighted by atomic mass is 10.2. The van der Waals surface area contributed by atoms with E-state index in [-0.39, 0.29) is 5.56 Å². The van der Waals surface area contributed by atoms with Gasteiger partial charge in [0.1, 0.15) is 5.75 Å². The number of ether oxygens (including phenoxy) is 1. The summed E-state index contributed by atoms with van der Waals surface area (Å²) in [6.45, 7) is 2.83. The Morgan fingerprint density at radius 1 is 1.07 bits per heavy atom. The average Bonchev–Trinajstić information content (AvgIpc) is 3.27. The second kappa shape index (κ2) is 8.84. The van der Waals surface area contributed by atoms with Crippen LogP contribution in [-0.2, 0) is 0 Å². The van der Waals surface area contributed by atoms with Crippen molar-refractivity contribution in [2.24, 2.45) is 0 Å². The van der Waals surface area contributed by atoms with Crippen LogP contribution < -0.4 is 14.8 Å². The quantitative estimate of drug-likeness (QED) is 0.437. The van der Waals surface area contributed by atoms with Crippen LogP contribution in [0.5, 0.6) is 5.75 Å². The van der Waals surface area contributed by atoms with Gasteiger partial charge in [-0.25, -0.2) is 0 Å². The van der Waals surface area contributed by atoms with E-state index in [4.69, 9.17) is 4.74 Å². The molecule has 0 unspecified atom stereocenters. The van der Waals surface area contributed by atoms with Crippen molar-refractivity contribution in [1.29, 1.82) is 0 Å². The van der Waals surface area contributed by atoms with Crippen molar-refractivity contribution < 1.29 is 4.74 Å². The van der Waals surface area contributed by atoms with Gasteiger partial charge in [0.15, 0.2) is 5.82 Å². The van der Waals surface area contributed by atoms with Crippen molar-refractivity contribution in [3.63, 3.8) is 0 Å². The molecule has 0 bridgehead atoms. The molecule has 146 valence electrons. The van der Waals surface area contributed by atoms with E-state index in [0.29, 0.717) is 21.9 Å². The van der Waals surface area contributed by atoms with Crippen LogP contribution in [0.15, 0.2) is 59.4 Å². The summed E-state index contributed by atoms with van der Waals surface area (Å²) in [5, 5.41) is 4.33. The Morgan fingerprint density at radius 3 is 2.69 bits per heavy atom. The summed E-state index contributed by atoms with van der Waals surface area (Å²) in [6, 6.07) is 17.7. The van der Waals surface area contributed by atoms with Crippen LogP contribution in [0.2, 0.25) is 0 Å². The highest BCUT2D eigenvalue weighted by atomic mass is 32.1. The third-order valence-corrected chi connectivity index (χ3v) is 5.30. The first-order chi connectivity index (χ1) is 14.2. The van der Waals surface area contributed by atoms with E-state index < -0.39 is 0 Å². The predicted molar refractivity (Wildman–Crippen MR) is 118 cm³/mol. The summed E-state index contributed by atoms with van der Waals surface area (Å²) < 4.78 is 7.71. The summed E-state index contributed by atoms with van der Waals surface area (Å²) in [7, 11) is 0. The predicted octanol–water partition coefficient (Wildman–Crippen LogP) is 4.05. The molecule has 0 atom stereocenters. The zero-order chi connectivity index (χ0) is 20.1. The van der Waals surface area contributed by atoms with Gasteiger partial charge in [0.05, 0.1) is 11.1 Å². The van der Waals surface area contributed by atoms with Crippen LogP contribution in [0.1, 0.15) is 36.7 Å². The lowest BCUT2D eigenvalue weighted by Gasteiger charge is -2.05. The van der Waals surface area contributed by atoms with E-state index in [1.54, 1.807) is 0 Å². The smallest absolute Gasteiger partial charge is 0.291 e. The van der Waals surface area contributed by atoms with Gasteiger partial charge in [-0.15, -0.1) is 5.10 Å². The molecule has 2 aromatic carbocycles. The van der Waals surface area contributed by atoms with E-state index >= 15 is 0 Å². The topological polar surface area (TPSA) is 56.5 Å². The van der Waals surface area contributed by atoms with Gasteiger partial charge in [-0.2, -0.15) is 9.50 Å². The molecule has 0 fully saturated rings. The molecule has 2 heterocycles. The molecule has 4 aromatic rings. The molecule has 0 aliphatic heterocycles. The molecule has 0 spiro atoms. The molecule has 6 heteroatoms. The summed E-state index contributed by atoms with van der Waals surface area (Å²) in [4.78, 5) is 17.7. The van der Waals surface area contributed by atoms with Crippen molar-refractivity contribution in [2.75, 3.05) is 6.61 Å². The van der Waals surface area contributed by atoms with Gasteiger partial charge in [-0.1, -0.05) is 73.2 Å². The van der Waals surface area contributed by atoms with Crippen LogP contribution in [0, 0.1) is 0 Å². The van der Waals surface area contributed by atoms with Crippen molar-refractivity contribution in [3.8, 4) is 5.75 Å². The summed E-state index contributed by atoms with van der Waals surface area (Å²) in [5.74, 6) is 1.34. The number of benzene rings is 2. The highest BCUT2D eigenvalue weighted by Crippen LogP contribution is 2.15. The fourth-order valence-electron chi connectivity index (χ4n) is 2.83. The summed E-state index contributed by atoms with van der Waals surface area (Å²) in [6.07, 6.45) is 7.72. The molecule has 0 saturated heterocycles. The van der Waals surface area contributed by atoms with Crippen molar-refractivity contribution in [1.82, 2.24) is 14.6 Å². The van der Waals surface area contributed by atoms with Gasteiger partial charge in [0, 0.05) is 0 Å². The molecule has 0 aliphatic carbocycles. The van der Waals surface area contributed by atoms with Gasteiger partial charge in [-0.05, 0) is 41.8 Å². The molecule has 0 saturated carbocycles. The number of rotatable bonds is 7. The van der Waals surface area contributed by atoms with Crippen LogP contribution >= 0.6 is 11.3 Å². The fourth-order valence-corrected chi connectivity index (χ4v) is 3.75. The Hall–Kier alpha value is -3.25. The minimum atomic E-state index is -0.158. The highest BCUT2D eigenvalue weighted by Gasteiger charge is 2.09. The van der Waals surface area contributed by atoms with E-state index in [1.165, 1.54) is 15.9 Å². The molecule has 2 aromatic heterocycles. The molecule has 5 nitrogen and oxygen atoms in total. The zero-order valence-corrected chi connectivity index (χ0v) is 16.9. The summed E-state index contributed by atoms with van der Waals surface area (Å²) in [5.41, 5.74) is 1.82. The molecule has 0 N–H and O–H groups in total. The van der Waals surface area contributed by atoms with Crippen molar-refractivity contribution in [2.45, 2.75) is 19.8 Å². The Bertz CT molecular complexity index is 1240. The highest BCUT2D eigenvalue weighted by molar-refractivity contribution is 7.15. The maximum Gasteiger partial charge on any atom is 0.291 e. The maximum atomic E-state index is 12.7. The largest absolute Gasteiger partial charge is 0.494 e. The van der Waals surface area contributed by atoms with Gasteiger partial charge >= 0.3 is 0 Å². The summed E-state index contributed by atoms with van der Waals surface area (Å²) >= 11 is 1.34. The molecule has 0 amide bonds. The molecule has 4 rings (SSSR count). The fraction of sp³-hybridized carbons (Fsp3) is 0.174. The first kappa shape index (κ1) is 19.1. The molecule has 0 aliphatic rings. The second-order valence-electron chi connectivity index (χ2n) is 6.60. The molecule has 29 heavy (non-hydrogen) atoms. The van der Waals surface area contributed by atoms with Gasteiger partial charge in [-0.3, -0.25) is 4.79 Å². The zero-order valence-electron chi connectivity index (χ0n) is 16.1. The third-order valence-electron chi connectivity index (χ3n) is 4.35. The van der Waals surface area contributed by atoms with E-state index in [0.717, 1.165) is 29.7 Å². The van der Waals surface area contributed by atoms with Crippen LogP contribution in [-0.4, -0.2) is 21.2 Å². The number of hydrogen-bond acceptors (Lipinski definition) is 5. The van der Waals surface area contributed by atoms with Crippen LogP contribution in [0.25, 0.3) is 23.2 Å². The standard InChI is InChI=1S/C23H21N3O2S/c1-2-3-14-28-19-11-7-10-18(15-19)16-20-22(27)26-23(29-20)24-21(25-26)13-12-17-8-5-4-6-9-17/h4-13,15-16H,2-3,14H2,1H3. The minimum absolute atomic E-state index is 0.158. The normalized spacial score (nSPS) is 12.2. The van der Waals surface area contributed by atoms with Crippen molar-refractivity contribution in [3.05, 3.63) is 86.4 Å². The van der Waals surface area contributed by atoms with E-state index in [2.05, 4.69) is 17.0 Å². The number of thiazole rings is 1. The number of hydrogen-bond donors (Lipinski definition) is 0. The Morgan fingerprint density at radius 2 is 1.90 bits per heavy atom. The monoisotopic (exact) mass is 403 g/mol. The van der Waals surface area contributed by atoms with E-state index in [1.807, 2.05) is 72.8 Å². The molecular formula is C23H21N3O2S. The third kappa shape index (κ3) is 4.60. The SMILES string of the molecule is CCCCOc1cccc(C=c2sc3nc(C=Cc4ccccc4)nn3c2=O)c1. The van der Waals surface area contributed by atoms with Crippen LogP contribution in [0.3, 0.4) is 0 Å². The number of unbranched alkanes of at least 4 members (excludes halogenated alkanes) is 1. The van der Waals surface area contributed by atoms with E-state index in [9.17, 15) is 4.79 Å². The number of aromatic nitrogens is 3. The van der Waals surface area contributed by atoms with Gasteiger partial charge in [0.25, 0.3) is 5.56 Å². The lowest BCUT2D eigenvalue weighted by molar-refractivity contribution is 0.309. The maximum absolute atomic E-state index is 12.7. The van der Waals surface area contributed by atoms with Gasteiger partial charge in [0.2, 0.25) is 4.96 Å². The second-order valence-corrected chi connectivity index (χ2v) is 7.61. The van der Waals surface area contributed by atoms with Crippen LogP contribution in [0.4, 0.5) is 0 Å². The average molecular weight is 404 g/mol.